The van der Waals surface area contributed by atoms with Crippen molar-refractivity contribution in [1.29, 1.82) is 0 Å². The molecule has 2 unspecified atom stereocenters. The normalized spacial score (nSPS) is 26.3. The number of amides is 1. The lowest BCUT2D eigenvalue weighted by molar-refractivity contribution is 0.161. The highest BCUT2D eigenvalue weighted by Gasteiger charge is 2.38. The van der Waals surface area contributed by atoms with E-state index in [0.29, 0.717) is 0 Å². The number of hydrogen-bond acceptors (Lipinski definition) is 7. The van der Waals surface area contributed by atoms with E-state index in [2.05, 4.69) is 25.5 Å². The average Bonchev–Trinajstić information content (AvgIpc) is 2.79. The molecule has 156 valence electrons. The Kier molecular flexibility index (Phi) is 6.13. The van der Waals surface area contributed by atoms with Crippen molar-refractivity contribution in [2.45, 2.75) is 37.8 Å². The first-order valence-corrected chi connectivity index (χ1v) is 10.3. The van der Waals surface area contributed by atoms with E-state index in [9.17, 15) is 4.79 Å². The van der Waals surface area contributed by atoms with E-state index >= 15 is 0 Å². The quantitative estimate of drug-likeness (QED) is 0.813. The minimum absolute atomic E-state index is 0.115. The SMILES string of the molecule is COC(=O)N[C@H]1CCC2C(c3ccccn3)=NN=C(c3ccccn3)C2CC[C@H]1N. The number of hydrogen-bond donors (Lipinski definition) is 2. The lowest BCUT2D eigenvalue weighted by atomic mass is 9.72. The Morgan fingerprint density at radius 2 is 1.50 bits per heavy atom. The van der Waals surface area contributed by atoms with Crippen LogP contribution >= 0.6 is 0 Å². The van der Waals surface area contributed by atoms with Gasteiger partial charge in [-0.1, -0.05) is 12.1 Å². The third-order valence-corrected chi connectivity index (χ3v) is 5.91. The zero-order valence-electron chi connectivity index (χ0n) is 16.9. The highest BCUT2D eigenvalue weighted by molar-refractivity contribution is 6.10. The van der Waals surface area contributed by atoms with E-state index < -0.39 is 6.09 Å². The van der Waals surface area contributed by atoms with Crippen LogP contribution in [0.2, 0.25) is 0 Å². The van der Waals surface area contributed by atoms with Crippen LogP contribution in [0.15, 0.2) is 59.0 Å². The van der Waals surface area contributed by atoms with Crippen LogP contribution in [0.3, 0.4) is 0 Å². The fraction of sp³-hybridized carbons (Fsp3) is 0.409. The van der Waals surface area contributed by atoms with E-state index in [1.165, 1.54) is 7.11 Å². The maximum absolute atomic E-state index is 11.8. The van der Waals surface area contributed by atoms with Gasteiger partial charge in [-0.2, -0.15) is 10.2 Å². The first-order valence-electron chi connectivity index (χ1n) is 10.3. The number of fused-ring (bicyclic) bond motifs is 1. The lowest BCUT2D eigenvalue weighted by Gasteiger charge is -2.36. The van der Waals surface area contributed by atoms with Gasteiger partial charge < -0.3 is 15.8 Å². The third-order valence-electron chi connectivity index (χ3n) is 5.91. The molecule has 3 heterocycles. The van der Waals surface area contributed by atoms with Gasteiger partial charge in [0.25, 0.3) is 0 Å². The summed E-state index contributed by atoms with van der Waals surface area (Å²) in [5.41, 5.74) is 9.89. The molecule has 0 saturated heterocycles. The van der Waals surface area contributed by atoms with Crippen LogP contribution in [0.25, 0.3) is 0 Å². The standard InChI is InChI=1S/C22H26N6O2/c1-30-22(29)26-17-11-9-15-14(8-10-16(17)23)20(18-6-2-4-12-24-18)27-28-21(15)19-7-3-5-13-25-19/h2-7,12-17H,8-11,23H2,1H3,(H,26,29)/t14?,15?,16-,17+/m1/s1. The van der Waals surface area contributed by atoms with Crippen molar-refractivity contribution in [3.05, 3.63) is 60.2 Å². The van der Waals surface area contributed by atoms with Crippen molar-refractivity contribution in [2.75, 3.05) is 7.11 Å². The Balaban J connectivity index is 1.68. The second-order valence-electron chi connectivity index (χ2n) is 7.67. The smallest absolute Gasteiger partial charge is 0.407 e. The van der Waals surface area contributed by atoms with Crippen molar-refractivity contribution >= 4 is 17.5 Å². The van der Waals surface area contributed by atoms with Crippen molar-refractivity contribution in [1.82, 2.24) is 15.3 Å². The molecule has 0 spiro atoms. The molecule has 2 aliphatic rings. The number of nitrogens with two attached hydrogens (primary N) is 1. The maximum atomic E-state index is 11.8. The molecule has 8 heteroatoms. The van der Waals surface area contributed by atoms with E-state index in [4.69, 9.17) is 10.5 Å². The van der Waals surface area contributed by atoms with E-state index in [1.54, 1.807) is 12.4 Å². The fourth-order valence-corrected chi connectivity index (χ4v) is 4.36. The zero-order valence-corrected chi connectivity index (χ0v) is 16.9. The first kappa shape index (κ1) is 20.2. The van der Waals surface area contributed by atoms with Crippen molar-refractivity contribution in [2.24, 2.45) is 27.8 Å². The number of carbonyl (C=O) groups is 1. The van der Waals surface area contributed by atoms with Crippen LogP contribution in [0, 0.1) is 11.8 Å². The van der Waals surface area contributed by atoms with Gasteiger partial charge in [0.1, 0.15) is 0 Å². The molecule has 0 aromatic carbocycles. The Morgan fingerprint density at radius 1 is 0.933 bits per heavy atom. The van der Waals surface area contributed by atoms with Crippen molar-refractivity contribution in [3.63, 3.8) is 0 Å². The van der Waals surface area contributed by atoms with Gasteiger partial charge in [0.2, 0.25) is 0 Å². The highest BCUT2D eigenvalue weighted by Crippen LogP contribution is 2.35. The number of ether oxygens (including phenoxy) is 1. The summed E-state index contributed by atoms with van der Waals surface area (Å²) >= 11 is 0. The second kappa shape index (κ2) is 9.13. The monoisotopic (exact) mass is 406 g/mol. The van der Waals surface area contributed by atoms with Crippen molar-refractivity contribution < 1.29 is 9.53 Å². The molecule has 2 aromatic heterocycles. The summed E-state index contributed by atoms with van der Waals surface area (Å²) in [5, 5.41) is 12.1. The molecule has 1 saturated carbocycles. The number of aromatic nitrogens is 2. The number of rotatable bonds is 3. The zero-order chi connectivity index (χ0) is 20.9. The summed E-state index contributed by atoms with van der Waals surface area (Å²) in [6.45, 7) is 0. The maximum Gasteiger partial charge on any atom is 0.407 e. The molecule has 1 aliphatic carbocycles. The van der Waals surface area contributed by atoms with Crippen LogP contribution in [-0.2, 0) is 4.74 Å². The van der Waals surface area contributed by atoms with Gasteiger partial charge in [-0.3, -0.25) is 9.97 Å². The van der Waals surface area contributed by atoms with Crippen LogP contribution in [0.5, 0.6) is 0 Å². The van der Waals surface area contributed by atoms with Crippen LogP contribution < -0.4 is 11.1 Å². The van der Waals surface area contributed by atoms with E-state index in [1.807, 2.05) is 36.4 Å². The predicted octanol–water partition coefficient (Wildman–Crippen LogP) is 2.54. The highest BCUT2D eigenvalue weighted by atomic mass is 16.5. The lowest BCUT2D eigenvalue weighted by Crippen LogP contribution is -2.50. The third kappa shape index (κ3) is 4.23. The van der Waals surface area contributed by atoms with Crippen molar-refractivity contribution in [3.8, 4) is 0 Å². The fourth-order valence-electron chi connectivity index (χ4n) is 4.36. The Bertz CT molecular complexity index is 931. The number of nitrogens with one attached hydrogen (secondary N) is 1. The van der Waals surface area contributed by atoms with Gasteiger partial charge in [0, 0.05) is 36.3 Å². The molecule has 0 radical (unpaired) electrons. The summed E-state index contributed by atoms with van der Waals surface area (Å²) in [7, 11) is 1.36. The summed E-state index contributed by atoms with van der Waals surface area (Å²) in [6.07, 6.45) is 6.18. The van der Waals surface area contributed by atoms with E-state index in [0.717, 1.165) is 48.5 Å². The predicted molar refractivity (Wildman–Crippen MR) is 114 cm³/mol. The van der Waals surface area contributed by atoms with Gasteiger partial charge in [0.05, 0.1) is 29.9 Å². The molecular formula is C22H26N6O2. The number of methoxy groups -OCH3 is 1. The number of carbonyl (C=O) groups excluding carboxylic acids is 1. The molecule has 8 nitrogen and oxygen atoms in total. The molecule has 30 heavy (non-hydrogen) atoms. The minimum Gasteiger partial charge on any atom is -0.453 e. The molecule has 1 aliphatic heterocycles. The second-order valence-corrected chi connectivity index (χ2v) is 7.67. The summed E-state index contributed by atoms with van der Waals surface area (Å²) in [6, 6.07) is 11.3. The molecular weight excluding hydrogens is 380 g/mol. The molecule has 0 bridgehead atoms. The minimum atomic E-state index is -0.453. The first-order chi connectivity index (χ1) is 14.7. The van der Waals surface area contributed by atoms with Gasteiger partial charge in [-0.25, -0.2) is 4.79 Å². The molecule has 1 amide bonds. The van der Waals surface area contributed by atoms with Gasteiger partial charge in [0.15, 0.2) is 0 Å². The Labute approximate surface area is 175 Å². The molecule has 2 aromatic rings. The number of pyridine rings is 2. The van der Waals surface area contributed by atoms with Crippen LogP contribution in [0.1, 0.15) is 37.1 Å². The van der Waals surface area contributed by atoms with Crippen LogP contribution in [-0.4, -0.2) is 46.7 Å². The summed E-state index contributed by atoms with van der Waals surface area (Å²) < 4.78 is 4.78. The molecule has 4 atom stereocenters. The largest absolute Gasteiger partial charge is 0.453 e. The number of nitrogens with zero attached hydrogens (tertiary/aromatic N) is 4. The Morgan fingerprint density at radius 3 is 2.00 bits per heavy atom. The summed E-state index contributed by atoms with van der Waals surface area (Å²) in [5.74, 6) is 0.253. The molecule has 3 N–H and O–H groups in total. The molecule has 4 rings (SSSR count). The topological polar surface area (TPSA) is 115 Å². The Hall–Kier alpha value is -3.13. The molecule has 1 fully saturated rings. The summed E-state index contributed by atoms with van der Waals surface area (Å²) in [4.78, 5) is 20.8. The number of alkyl carbamates (subject to hydrolysis) is 1. The average molecular weight is 406 g/mol. The van der Waals surface area contributed by atoms with Gasteiger partial charge >= 0.3 is 6.09 Å². The van der Waals surface area contributed by atoms with Gasteiger partial charge in [-0.15, -0.1) is 0 Å². The van der Waals surface area contributed by atoms with E-state index in [-0.39, 0.29) is 23.9 Å². The van der Waals surface area contributed by atoms with Gasteiger partial charge in [-0.05, 0) is 49.9 Å². The van der Waals surface area contributed by atoms with Crippen LogP contribution in [0.4, 0.5) is 4.79 Å².